The molecular weight excluding hydrogens is 516 g/mol. The van der Waals surface area contributed by atoms with Crippen LogP contribution in [0.25, 0.3) is 11.3 Å². The van der Waals surface area contributed by atoms with E-state index in [1.807, 2.05) is 67.2 Å². The van der Waals surface area contributed by atoms with Gasteiger partial charge in [0.1, 0.15) is 6.04 Å². The highest BCUT2D eigenvalue weighted by molar-refractivity contribution is 7.14. The summed E-state index contributed by atoms with van der Waals surface area (Å²) in [5.41, 5.74) is 2.80. The van der Waals surface area contributed by atoms with E-state index in [1.165, 1.54) is 23.5 Å². The molecule has 3 N–H and O–H groups in total. The summed E-state index contributed by atoms with van der Waals surface area (Å²) < 4.78 is 7.69. The lowest BCUT2D eigenvalue weighted by atomic mass is 10.1. The second-order valence-corrected chi connectivity index (χ2v) is 10.8. The number of nitrogens with zero attached hydrogens (tertiary/aromatic N) is 2. The molecule has 2 heterocycles. The molecule has 0 fully saturated rings. The van der Waals surface area contributed by atoms with Crippen LogP contribution in [0.15, 0.2) is 78.4 Å². The minimum absolute atomic E-state index is 0.102. The molecule has 202 valence electrons. The molecule has 4 aromatic rings. The second-order valence-electron chi connectivity index (χ2n) is 9.91. The maximum atomic E-state index is 13.2. The molecule has 2 aromatic carbocycles. The van der Waals surface area contributed by atoms with Gasteiger partial charge in [0.25, 0.3) is 11.8 Å². The third kappa shape index (κ3) is 7.40. The van der Waals surface area contributed by atoms with Crippen LogP contribution in [0.1, 0.15) is 47.1 Å². The zero-order chi connectivity index (χ0) is 28.0. The zero-order valence-electron chi connectivity index (χ0n) is 21.9. The quantitative estimate of drug-likeness (QED) is 0.257. The summed E-state index contributed by atoms with van der Waals surface area (Å²) in [6, 6.07) is 16.6. The number of amides is 2. The summed E-state index contributed by atoms with van der Waals surface area (Å²) >= 11 is 1.29. The Morgan fingerprint density at radius 2 is 1.74 bits per heavy atom. The Bertz CT molecular complexity index is 1440. The largest absolute Gasteiger partial charge is 0.478 e. The van der Waals surface area contributed by atoms with E-state index in [1.54, 1.807) is 24.4 Å². The van der Waals surface area contributed by atoms with Crippen molar-refractivity contribution in [2.45, 2.75) is 39.0 Å². The highest BCUT2D eigenvalue weighted by atomic mass is 32.1. The number of aromatic carboxylic acids is 1. The number of benzene rings is 2. The first-order valence-electron chi connectivity index (χ1n) is 12.3. The summed E-state index contributed by atoms with van der Waals surface area (Å²) in [7, 11) is 0. The SMILES string of the molecule is CC(C)(C)n1ccc(C(=O)N[C@@H](COCc2ccc(C(=O)O)cc2)C(=O)Nc2nc(-c3ccccc3)cs2)c1. The lowest BCUT2D eigenvalue weighted by Crippen LogP contribution is -2.46. The van der Waals surface area contributed by atoms with Crippen LogP contribution in [0, 0.1) is 0 Å². The molecule has 0 unspecified atom stereocenters. The van der Waals surface area contributed by atoms with Gasteiger partial charge in [0, 0.05) is 28.9 Å². The van der Waals surface area contributed by atoms with Crippen molar-refractivity contribution in [2.24, 2.45) is 0 Å². The maximum Gasteiger partial charge on any atom is 0.335 e. The molecule has 0 saturated heterocycles. The van der Waals surface area contributed by atoms with Crippen LogP contribution in [0.4, 0.5) is 5.13 Å². The number of carbonyl (C=O) groups excluding carboxylic acids is 2. The number of thiazole rings is 1. The molecule has 1 atom stereocenters. The predicted octanol–water partition coefficient (Wildman–Crippen LogP) is 5.02. The van der Waals surface area contributed by atoms with Crippen molar-refractivity contribution < 1.29 is 24.2 Å². The standard InChI is InChI=1S/C29H30N4O5S/c1-29(2,3)33-14-13-22(15-33)25(34)30-23(17-38-16-19-9-11-21(12-10-19)27(36)37)26(35)32-28-31-24(18-39-28)20-7-5-4-6-8-20/h4-15,18,23H,16-17H2,1-3H3,(H,30,34)(H,36,37)(H,31,32,35)/t23-/m0/s1. The molecule has 4 rings (SSSR count). The van der Waals surface area contributed by atoms with Gasteiger partial charge < -0.3 is 25.0 Å². The number of ether oxygens (including phenoxy) is 1. The summed E-state index contributed by atoms with van der Waals surface area (Å²) in [5, 5.41) is 16.9. The second kappa shape index (κ2) is 12.1. The zero-order valence-corrected chi connectivity index (χ0v) is 22.7. The number of hydrogen-bond donors (Lipinski definition) is 3. The van der Waals surface area contributed by atoms with Crippen molar-refractivity contribution in [2.75, 3.05) is 11.9 Å². The molecule has 0 radical (unpaired) electrons. The molecule has 0 spiro atoms. The van der Waals surface area contributed by atoms with Crippen LogP contribution in [0.3, 0.4) is 0 Å². The van der Waals surface area contributed by atoms with Gasteiger partial charge in [0.15, 0.2) is 5.13 Å². The highest BCUT2D eigenvalue weighted by Gasteiger charge is 2.24. The Kier molecular flexibility index (Phi) is 8.58. The first kappa shape index (κ1) is 27.7. The number of carboxylic acids is 1. The number of rotatable bonds is 10. The lowest BCUT2D eigenvalue weighted by molar-refractivity contribution is -0.119. The summed E-state index contributed by atoms with van der Waals surface area (Å²) in [6.45, 7) is 6.11. The summed E-state index contributed by atoms with van der Waals surface area (Å²) in [4.78, 5) is 41.9. The van der Waals surface area contributed by atoms with Crippen LogP contribution in [-0.4, -0.2) is 45.1 Å². The molecule has 0 aliphatic rings. The molecule has 0 bridgehead atoms. The molecule has 39 heavy (non-hydrogen) atoms. The number of anilines is 1. The van der Waals surface area contributed by atoms with Crippen molar-refractivity contribution in [1.29, 1.82) is 0 Å². The molecule has 10 heteroatoms. The Balaban J connectivity index is 1.45. The smallest absolute Gasteiger partial charge is 0.335 e. The highest BCUT2D eigenvalue weighted by Crippen LogP contribution is 2.24. The Morgan fingerprint density at radius 1 is 1.03 bits per heavy atom. The van der Waals surface area contributed by atoms with Crippen LogP contribution in [0.2, 0.25) is 0 Å². The molecule has 2 amide bonds. The van der Waals surface area contributed by atoms with E-state index in [4.69, 9.17) is 9.84 Å². The maximum absolute atomic E-state index is 13.2. The van der Waals surface area contributed by atoms with E-state index < -0.39 is 23.8 Å². The Morgan fingerprint density at radius 3 is 2.38 bits per heavy atom. The van der Waals surface area contributed by atoms with Gasteiger partial charge in [-0.1, -0.05) is 42.5 Å². The molecule has 0 aliphatic heterocycles. The van der Waals surface area contributed by atoms with E-state index >= 15 is 0 Å². The number of aromatic nitrogens is 2. The van der Waals surface area contributed by atoms with Crippen LogP contribution < -0.4 is 10.6 Å². The van der Waals surface area contributed by atoms with Gasteiger partial charge in [0.05, 0.1) is 30.0 Å². The fraction of sp³-hybridized carbons (Fsp3) is 0.241. The first-order valence-corrected chi connectivity index (χ1v) is 13.2. The minimum Gasteiger partial charge on any atom is -0.478 e. The molecule has 0 saturated carbocycles. The van der Waals surface area contributed by atoms with E-state index in [2.05, 4.69) is 15.6 Å². The van der Waals surface area contributed by atoms with Gasteiger partial charge in [-0.3, -0.25) is 9.59 Å². The van der Waals surface area contributed by atoms with Gasteiger partial charge >= 0.3 is 5.97 Å². The van der Waals surface area contributed by atoms with Gasteiger partial charge in [-0.05, 0) is 44.5 Å². The van der Waals surface area contributed by atoms with E-state index in [0.717, 1.165) is 16.8 Å². The van der Waals surface area contributed by atoms with Crippen LogP contribution in [-0.2, 0) is 21.7 Å². The number of carboxylic acid groups (broad SMARTS) is 1. The number of hydrogen-bond acceptors (Lipinski definition) is 6. The van der Waals surface area contributed by atoms with Gasteiger partial charge in [-0.25, -0.2) is 9.78 Å². The monoisotopic (exact) mass is 546 g/mol. The number of carbonyl (C=O) groups is 3. The topological polar surface area (TPSA) is 123 Å². The van der Waals surface area contributed by atoms with Gasteiger partial charge in [-0.15, -0.1) is 11.3 Å². The third-order valence-electron chi connectivity index (χ3n) is 5.91. The van der Waals surface area contributed by atoms with E-state index in [9.17, 15) is 14.4 Å². The molecule has 2 aromatic heterocycles. The van der Waals surface area contributed by atoms with Crippen molar-refractivity contribution in [3.63, 3.8) is 0 Å². The third-order valence-corrected chi connectivity index (χ3v) is 6.67. The van der Waals surface area contributed by atoms with Crippen LogP contribution in [0.5, 0.6) is 0 Å². The molecular formula is C29H30N4O5S. The Labute approximate surface area is 230 Å². The average molecular weight is 547 g/mol. The fourth-order valence-electron chi connectivity index (χ4n) is 3.68. The van der Waals surface area contributed by atoms with Gasteiger partial charge in [-0.2, -0.15) is 0 Å². The van der Waals surface area contributed by atoms with E-state index in [0.29, 0.717) is 10.7 Å². The van der Waals surface area contributed by atoms with Crippen molar-refractivity contribution in [3.8, 4) is 11.3 Å². The van der Waals surface area contributed by atoms with Crippen molar-refractivity contribution in [1.82, 2.24) is 14.9 Å². The molecule has 0 aliphatic carbocycles. The summed E-state index contributed by atoms with van der Waals surface area (Å²) in [6.07, 6.45) is 3.56. The molecule has 9 nitrogen and oxygen atoms in total. The fourth-order valence-corrected chi connectivity index (χ4v) is 4.40. The number of nitrogens with one attached hydrogen (secondary N) is 2. The minimum atomic E-state index is -1.01. The normalized spacial score (nSPS) is 12.1. The van der Waals surface area contributed by atoms with Crippen molar-refractivity contribution in [3.05, 3.63) is 95.1 Å². The summed E-state index contributed by atoms with van der Waals surface area (Å²) in [5.74, 6) is -1.88. The lowest BCUT2D eigenvalue weighted by Gasteiger charge is -2.21. The first-order chi connectivity index (χ1) is 18.6. The predicted molar refractivity (Wildman–Crippen MR) is 150 cm³/mol. The van der Waals surface area contributed by atoms with Gasteiger partial charge in [0.2, 0.25) is 0 Å². The van der Waals surface area contributed by atoms with Crippen molar-refractivity contribution >= 4 is 34.3 Å². The Hall–Kier alpha value is -4.28. The van der Waals surface area contributed by atoms with E-state index in [-0.39, 0.29) is 24.3 Å². The van der Waals surface area contributed by atoms with Crippen LogP contribution >= 0.6 is 11.3 Å². The average Bonchev–Trinajstić information content (AvgIpc) is 3.59.